The van der Waals surface area contributed by atoms with Crippen LogP contribution in [0, 0.1) is 6.92 Å². The molecule has 0 aliphatic rings. The van der Waals surface area contributed by atoms with Crippen molar-refractivity contribution in [3.8, 4) is 0 Å². The molecule has 0 radical (unpaired) electrons. The monoisotopic (exact) mass is 265 g/mol. The minimum absolute atomic E-state index is 0.259. The summed E-state index contributed by atoms with van der Waals surface area (Å²) in [6, 6.07) is 8.12. The van der Waals surface area contributed by atoms with Crippen LogP contribution in [0.3, 0.4) is 0 Å². The first kappa shape index (κ1) is 13.1. The van der Waals surface area contributed by atoms with Crippen molar-refractivity contribution in [2.75, 3.05) is 7.05 Å². The first-order valence-corrected chi connectivity index (χ1v) is 6.18. The third-order valence-corrected chi connectivity index (χ3v) is 3.22. The van der Waals surface area contributed by atoms with E-state index in [-0.39, 0.29) is 6.04 Å². The highest BCUT2D eigenvalue weighted by Gasteiger charge is 2.14. The van der Waals surface area contributed by atoms with Crippen LogP contribution in [-0.2, 0) is 6.54 Å². The predicted octanol–water partition coefficient (Wildman–Crippen LogP) is 3.22. The molecular weight excluding hydrogens is 250 g/mol. The Hall–Kier alpha value is -1.39. The van der Waals surface area contributed by atoms with Gasteiger partial charge in [-0.15, -0.1) is 10.2 Å². The molecule has 0 fully saturated rings. The number of benzene rings is 1. The molecule has 2 rings (SSSR count). The molecule has 1 aromatic carbocycles. The maximum atomic E-state index is 5.88. The third-order valence-electron chi connectivity index (χ3n) is 2.97. The summed E-state index contributed by atoms with van der Waals surface area (Å²) < 4.78 is 5.37. The lowest BCUT2D eigenvalue weighted by atomic mass is 10.1. The lowest BCUT2D eigenvalue weighted by molar-refractivity contribution is 0.226. The third kappa shape index (κ3) is 3.09. The summed E-state index contributed by atoms with van der Waals surface area (Å²) in [5.41, 5.74) is 1.21. The first-order valence-electron chi connectivity index (χ1n) is 5.81. The Morgan fingerprint density at radius 2 is 1.94 bits per heavy atom. The van der Waals surface area contributed by atoms with Crippen LogP contribution in [0.1, 0.15) is 30.3 Å². The van der Waals surface area contributed by atoms with Crippen LogP contribution >= 0.6 is 11.6 Å². The van der Waals surface area contributed by atoms with Gasteiger partial charge in [-0.1, -0.05) is 23.7 Å². The Morgan fingerprint density at radius 3 is 2.50 bits per heavy atom. The van der Waals surface area contributed by atoms with Crippen molar-refractivity contribution in [3.05, 3.63) is 46.6 Å². The molecule has 0 amide bonds. The van der Waals surface area contributed by atoms with Gasteiger partial charge >= 0.3 is 0 Å². The molecule has 1 atom stereocenters. The van der Waals surface area contributed by atoms with Crippen molar-refractivity contribution in [1.82, 2.24) is 15.1 Å². The van der Waals surface area contributed by atoms with Gasteiger partial charge in [0.25, 0.3) is 0 Å². The number of rotatable bonds is 4. The SMILES string of the molecule is Cc1nnc(CN(C)[C@@H](C)c2ccc(Cl)cc2)o1. The van der Waals surface area contributed by atoms with Crippen LogP contribution in [0.15, 0.2) is 28.7 Å². The predicted molar refractivity (Wildman–Crippen MR) is 70.4 cm³/mol. The zero-order valence-corrected chi connectivity index (χ0v) is 11.5. The van der Waals surface area contributed by atoms with Crippen LogP contribution in [0.5, 0.6) is 0 Å². The summed E-state index contributed by atoms with van der Waals surface area (Å²) in [5, 5.41) is 8.57. The van der Waals surface area contributed by atoms with Gasteiger partial charge in [-0.3, -0.25) is 4.90 Å². The summed E-state index contributed by atoms with van der Waals surface area (Å²) in [4.78, 5) is 2.15. The van der Waals surface area contributed by atoms with Gasteiger partial charge in [0.2, 0.25) is 11.8 Å². The van der Waals surface area contributed by atoms with Gasteiger partial charge in [0.15, 0.2) is 0 Å². The van der Waals surface area contributed by atoms with E-state index in [1.807, 2.05) is 31.3 Å². The highest BCUT2D eigenvalue weighted by Crippen LogP contribution is 2.22. The molecule has 4 nitrogen and oxygen atoms in total. The molecule has 0 unspecified atom stereocenters. The molecular formula is C13H16ClN3O. The van der Waals surface area contributed by atoms with Gasteiger partial charge in [-0.05, 0) is 31.7 Å². The lowest BCUT2D eigenvalue weighted by Crippen LogP contribution is -2.22. The van der Waals surface area contributed by atoms with Gasteiger partial charge in [0.05, 0.1) is 6.54 Å². The fraction of sp³-hybridized carbons (Fsp3) is 0.385. The van der Waals surface area contributed by atoms with Gasteiger partial charge in [0.1, 0.15) is 0 Å². The Balaban J connectivity index is 2.04. The summed E-state index contributed by atoms with van der Waals surface area (Å²) in [7, 11) is 2.03. The van der Waals surface area contributed by atoms with Gasteiger partial charge in [0, 0.05) is 18.0 Å². The normalized spacial score (nSPS) is 12.9. The fourth-order valence-corrected chi connectivity index (χ4v) is 1.87. The van der Waals surface area contributed by atoms with E-state index in [4.69, 9.17) is 16.0 Å². The molecule has 0 bridgehead atoms. The molecule has 0 N–H and O–H groups in total. The van der Waals surface area contributed by atoms with E-state index in [2.05, 4.69) is 22.0 Å². The van der Waals surface area contributed by atoms with Crippen molar-refractivity contribution in [2.45, 2.75) is 26.4 Å². The van der Waals surface area contributed by atoms with Gasteiger partial charge in [-0.25, -0.2) is 0 Å². The minimum atomic E-state index is 0.259. The minimum Gasteiger partial charge on any atom is -0.424 e. The number of halogens is 1. The van der Waals surface area contributed by atoms with Crippen LogP contribution in [0.25, 0.3) is 0 Å². The van der Waals surface area contributed by atoms with E-state index in [1.165, 1.54) is 5.56 Å². The summed E-state index contributed by atoms with van der Waals surface area (Å²) in [5.74, 6) is 1.23. The summed E-state index contributed by atoms with van der Waals surface area (Å²) in [6.07, 6.45) is 0. The molecule has 0 saturated heterocycles. The zero-order valence-electron chi connectivity index (χ0n) is 10.7. The summed E-state index contributed by atoms with van der Waals surface area (Å²) >= 11 is 5.88. The Labute approximate surface area is 112 Å². The number of aromatic nitrogens is 2. The summed E-state index contributed by atoms with van der Waals surface area (Å²) in [6.45, 7) is 4.55. The van der Waals surface area contributed by atoms with E-state index in [0.717, 1.165) is 5.02 Å². The van der Waals surface area contributed by atoms with Crippen molar-refractivity contribution < 1.29 is 4.42 Å². The second kappa shape index (κ2) is 5.50. The van der Waals surface area contributed by atoms with Crippen molar-refractivity contribution in [3.63, 3.8) is 0 Å². The number of nitrogens with zero attached hydrogens (tertiary/aromatic N) is 3. The molecule has 5 heteroatoms. The lowest BCUT2D eigenvalue weighted by Gasteiger charge is -2.23. The van der Waals surface area contributed by atoms with E-state index < -0.39 is 0 Å². The fourth-order valence-electron chi connectivity index (χ4n) is 1.75. The molecule has 2 aromatic rings. The average Bonchev–Trinajstić information content (AvgIpc) is 2.75. The largest absolute Gasteiger partial charge is 0.424 e. The molecule has 18 heavy (non-hydrogen) atoms. The Kier molecular flexibility index (Phi) is 3.99. The topological polar surface area (TPSA) is 42.2 Å². The van der Waals surface area contributed by atoms with Gasteiger partial charge < -0.3 is 4.42 Å². The molecule has 96 valence electrons. The van der Waals surface area contributed by atoms with Crippen molar-refractivity contribution >= 4 is 11.6 Å². The molecule has 0 aliphatic carbocycles. The second-order valence-corrected chi connectivity index (χ2v) is 4.79. The van der Waals surface area contributed by atoms with E-state index >= 15 is 0 Å². The maximum absolute atomic E-state index is 5.88. The number of hydrogen-bond donors (Lipinski definition) is 0. The standard InChI is InChI=1S/C13H16ClN3O/c1-9(11-4-6-12(14)7-5-11)17(3)8-13-16-15-10(2)18-13/h4-7,9H,8H2,1-3H3/t9-/m0/s1. The highest BCUT2D eigenvalue weighted by atomic mass is 35.5. The molecule has 1 aromatic heterocycles. The Bertz CT molecular complexity index is 509. The molecule has 0 aliphatic heterocycles. The molecule has 1 heterocycles. The second-order valence-electron chi connectivity index (χ2n) is 4.36. The van der Waals surface area contributed by atoms with Crippen LogP contribution in [0.2, 0.25) is 5.02 Å². The van der Waals surface area contributed by atoms with Crippen molar-refractivity contribution in [1.29, 1.82) is 0 Å². The van der Waals surface area contributed by atoms with Gasteiger partial charge in [-0.2, -0.15) is 0 Å². The zero-order chi connectivity index (χ0) is 13.1. The van der Waals surface area contributed by atoms with Crippen LogP contribution in [-0.4, -0.2) is 22.1 Å². The molecule has 0 saturated carbocycles. The van der Waals surface area contributed by atoms with E-state index in [9.17, 15) is 0 Å². The molecule has 0 spiro atoms. The highest BCUT2D eigenvalue weighted by molar-refractivity contribution is 6.30. The van der Waals surface area contributed by atoms with E-state index in [1.54, 1.807) is 6.92 Å². The van der Waals surface area contributed by atoms with Crippen LogP contribution in [0.4, 0.5) is 0 Å². The van der Waals surface area contributed by atoms with E-state index in [0.29, 0.717) is 18.3 Å². The maximum Gasteiger partial charge on any atom is 0.230 e. The van der Waals surface area contributed by atoms with Crippen molar-refractivity contribution in [2.24, 2.45) is 0 Å². The van der Waals surface area contributed by atoms with Crippen LogP contribution < -0.4 is 0 Å². The Morgan fingerprint density at radius 1 is 1.28 bits per heavy atom. The number of hydrogen-bond acceptors (Lipinski definition) is 4. The first-order chi connectivity index (χ1) is 8.56. The average molecular weight is 266 g/mol. The smallest absolute Gasteiger partial charge is 0.230 e. The number of aryl methyl sites for hydroxylation is 1. The quantitative estimate of drug-likeness (QED) is 0.851.